The third-order valence-corrected chi connectivity index (χ3v) is 6.35. The second kappa shape index (κ2) is 8.84. The van der Waals surface area contributed by atoms with Gasteiger partial charge in [-0.1, -0.05) is 25.6 Å². The normalized spacial score (nSPS) is 17.4. The fourth-order valence-electron chi connectivity index (χ4n) is 3.04. The summed E-state index contributed by atoms with van der Waals surface area (Å²) in [6.07, 6.45) is 0.850. The average molecular weight is 398 g/mol. The number of anilines is 1. The maximum atomic E-state index is 6.31. The van der Waals surface area contributed by atoms with Gasteiger partial charge in [-0.05, 0) is 25.3 Å². The standard InChI is InChI=1S/C18H27N3O3S2/c1-5-22-14(23-6-2)9-25-18-20-16(19)15-11-7-12(10(3)4)24-8-13(11)26-17(15)21-18/h10,12,14H,5-9H2,1-4H3,(H2,19,20,21)/t12-/m1/s1. The number of hydrogen-bond acceptors (Lipinski definition) is 8. The van der Waals surface area contributed by atoms with E-state index in [1.807, 2.05) is 13.8 Å². The number of nitrogens with zero attached hydrogens (tertiary/aromatic N) is 2. The Kier molecular flexibility index (Phi) is 6.74. The van der Waals surface area contributed by atoms with Crippen LogP contribution in [0, 0.1) is 5.92 Å². The van der Waals surface area contributed by atoms with Crippen LogP contribution in [0.25, 0.3) is 10.2 Å². The molecule has 2 aromatic heterocycles. The topological polar surface area (TPSA) is 79.5 Å². The quantitative estimate of drug-likeness (QED) is 0.411. The second-order valence-electron chi connectivity index (χ2n) is 6.52. The molecule has 1 aliphatic heterocycles. The molecule has 144 valence electrons. The molecular formula is C18H27N3O3S2. The van der Waals surface area contributed by atoms with E-state index in [2.05, 4.69) is 18.8 Å². The first-order chi connectivity index (χ1) is 12.5. The van der Waals surface area contributed by atoms with Gasteiger partial charge in [0.05, 0.1) is 23.8 Å². The molecule has 3 heterocycles. The van der Waals surface area contributed by atoms with Crippen LogP contribution in [0.4, 0.5) is 5.82 Å². The van der Waals surface area contributed by atoms with Crippen molar-refractivity contribution in [1.29, 1.82) is 0 Å². The molecule has 0 aliphatic carbocycles. The number of nitrogens with two attached hydrogens (primary N) is 1. The van der Waals surface area contributed by atoms with E-state index in [-0.39, 0.29) is 12.4 Å². The van der Waals surface area contributed by atoms with Crippen LogP contribution in [0.2, 0.25) is 0 Å². The van der Waals surface area contributed by atoms with Crippen molar-refractivity contribution in [3.05, 3.63) is 10.4 Å². The van der Waals surface area contributed by atoms with E-state index in [0.717, 1.165) is 16.6 Å². The predicted molar refractivity (Wildman–Crippen MR) is 107 cm³/mol. The van der Waals surface area contributed by atoms with Gasteiger partial charge in [0.15, 0.2) is 11.4 Å². The molecule has 2 N–H and O–H groups in total. The highest BCUT2D eigenvalue weighted by Gasteiger charge is 2.27. The molecule has 0 bridgehead atoms. The molecule has 0 amide bonds. The van der Waals surface area contributed by atoms with E-state index in [0.29, 0.717) is 42.5 Å². The lowest BCUT2D eigenvalue weighted by atomic mass is 9.96. The fourth-order valence-corrected chi connectivity index (χ4v) is 5.02. The molecule has 0 aromatic carbocycles. The monoisotopic (exact) mass is 397 g/mol. The maximum absolute atomic E-state index is 6.31. The average Bonchev–Trinajstić information content (AvgIpc) is 2.98. The van der Waals surface area contributed by atoms with Crippen molar-refractivity contribution in [2.24, 2.45) is 5.92 Å². The summed E-state index contributed by atoms with van der Waals surface area (Å²) in [5, 5.41) is 1.67. The lowest BCUT2D eigenvalue weighted by Crippen LogP contribution is -2.26. The Hall–Kier alpha value is -0.930. The summed E-state index contributed by atoms with van der Waals surface area (Å²) >= 11 is 3.18. The van der Waals surface area contributed by atoms with Gasteiger partial charge in [-0.2, -0.15) is 0 Å². The van der Waals surface area contributed by atoms with Crippen LogP contribution < -0.4 is 5.73 Å². The Balaban J connectivity index is 1.81. The van der Waals surface area contributed by atoms with Gasteiger partial charge in [-0.15, -0.1) is 11.3 Å². The summed E-state index contributed by atoms with van der Waals surface area (Å²) in [6.45, 7) is 10.2. The maximum Gasteiger partial charge on any atom is 0.191 e. The minimum Gasteiger partial charge on any atom is -0.383 e. The molecule has 1 atom stereocenters. The first-order valence-corrected chi connectivity index (χ1v) is 10.9. The van der Waals surface area contributed by atoms with Gasteiger partial charge in [0, 0.05) is 24.5 Å². The highest BCUT2D eigenvalue weighted by Crippen LogP contribution is 2.39. The summed E-state index contributed by atoms with van der Waals surface area (Å²) in [4.78, 5) is 11.4. The van der Waals surface area contributed by atoms with Crippen LogP contribution in [-0.2, 0) is 27.2 Å². The molecule has 0 saturated carbocycles. The summed E-state index contributed by atoms with van der Waals surface area (Å²) in [5.74, 6) is 1.67. The number of rotatable bonds is 8. The van der Waals surface area contributed by atoms with E-state index in [1.54, 1.807) is 11.3 Å². The Bertz CT molecular complexity index is 745. The number of fused-ring (bicyclic) bond motifs is 3. The van der Waals surface area contributed by atoms with Crippen molar-refractivity contribution >= 4 is 39.1 Å². The molecule has 0 radical (unpaired) electrons. The number of hydrogen-bond donors (Lipinski definition) is 1. The van der Waals surface area contributed by atoms with Crippen LogP contribution >= 0.6 is 23.1 Å². The Morgan fingerprint density at radius 1 is 1.27 bits per heavy atom. The SMILES string of the molecule is CCOC(CSc1nc(N)c2c3c(sc2n1)CO[C@@H](C(C)C)C3)OCC. The van der Waals surface area contributed by atoms with E-state index < -0.39 is 0 Å². The first-order valence-electron chi connectivity index (χ1n) is 9.08. The Labute approximate surface area is 162 Å². The van der Waals surface area contributed by atoms with Crippen LogP contribution in [0.15, 0.2) is 5.16 Å². The summed E-state index contributed by atoms with van der Waals surface area (Å²) in [7, 11) is 0. The zero-order valence-electron chi connectivity index (χ0n) is 15.8. The number of thioether (sulfide) groups is 1. The van der Waals surface area contributed by atoms with Gasteiger partial charge in [0.1, 0.15) is 10.6 Å². The first kappa shape index (κ1) is 19.8. The number of thiophene rings is 1. The van der Waals surface area contributed by atoms with E-state index in [9.17, 15) is 0 Å². The fraction of sp³-hybridized carbons (Fsp3) is 0.667. The smallest absolute Gasteiger partial charge is 0.191 e. The van der Waals surface area contributed by atoms with Crippen molar-refractivity contribution in [2.75, 3.05) is 24.7 Å². The van der Waals surface area contributed by atoms with Crippen molar-refractivity contribution in [2.45, 2.75) is 58.3 Å². The van der Waals surface area contributed by atoms with Crippen molar-refractivity contribution < 1.29 is 14.2 Å². The highest BCUT2D eigenvalue weighted by molar-refractivity contribution is 7.99. The van der Waals surface area contributed by atoms with Gasteiger partial charge in [0.25, 0.3) is 0 Å². The third-order valence-electron chi connectivity index (χ3n) is 4.37. The van der Waals surface area contributed by atoms with Gasteiger partial charge in [0.2, 0.25) is 0 Å². The third kappa shape index (κ3) is 4.31. The van der Waals surface area contributed by atoms with Gasteiger partial charge in [-0.25, -0.2) is 9.97 Å². The molecule has 0 saturated heterocycles. The second-order valence-corrected chi connectivity index (χ2v) is 8.59. The van der Waals surface area contributed by atoms with Crippen molar-refractivity contribution in [3.63, 3.8) is 0 Å². The van der Waals surface area contributed by atoms with E-state index in [4.69, 9.17) is 24.9 Å². The molecular weight excluding hydrogens is 370 g/mol. The minimum absolute atomic E-state index is 0.229. The van der Waals surface area contributed by atoms with Gasteiger partial charge in [-0.3, -0.25) is 0 Å². The zero-order chi connectivity index (χ0) is 18.7. The molecule has 0 unspecified atom stereocenters. The molecule has 2 aromatic rings. The summed E-state index contributed by atoms with van der Waals surface area (Å²) in [5.41, 5.74) is 7.58. The number of ether oxygens (including phenoxy) is 3. The van der Waals surface area contributed by atoms with Gasteiger partial charge < -0.3 is 19.9 Å². The molecule has 0 fully saturated rings. The number of aromatic nitrogens is 2. The molecule has 3 rings (SSSR count). The lowest BCUT2D eigenvalue weighted by molar-refractivity contribution is -0.120. The van der Waals surface area contributed by atoms with Gasteiger partial charge >= 0.3 is 0 Å². The number of nitrogen functional groups attached to an aromatic ring is 1. The van der Waals surface area contributed by atoms with Crippen LogP contribution in [-0.4, -0.2) is 41.3 Å². The summed E-state index contributed by atoms with van der Waals surface area (Å²) < 4.78 is 17.1. The molecule has 6 nitrogen and oxygen atoms in total. The van der Waals surface area contributed by atoms with E-state index in [1.165, 1.54) is 22.2 Å². The molecule has 8 heteroatoms. The van der Waals surface area contributed by atoms with Crippen molar-refractivity contribution in [3.8, 4) is 0 Å². The van der Waals surface area contributed by atoms with E-state index >= 15 is 0 Å². The molecule has 1 aliphatic rings. The molecule has 26 heavy (non-hydrogen) atoms. The summed E-state index contributed by atoms with van der Waals surface area (Å²) in [6, 6.07) is 0. The highest BCUT2D eigenvalue weighted by atomic mass is 32.2. The zero-order valence-corrected chi connectivity index (χ0v) is 17.4. The minimum atomic E-state index is -0.257. The van der Waals surface area contributed by atoms with Crippen molar-refractivity contribution in [1.82, 2.24) is 9.97 Å². The Morgan fingerprint density at radius 2 is 2.00 bits per heavy atom. The predicted octanol–water partition coefficient (Wildman–Crippen LogP) is 3.86. The Morgan fingerprint density at radius 3 is 2.65 bits per heavy atom. The van der Waals surface area contributed by atoms with Crippen LogP contribution in [0.3, 0.4) is 0 Å². The lowest BCUT2D eigenvalue weighted by Gasteiger charge is -2.26. The van der Waals surface area contributed by atoms with Crippen LogP contribution in [0.5, 0.6) is 0 Å². The molecule has 0 spiro atoms. The largest absolute Gasteiger partial charge is 0.383 e. The van der Waals surface area contributed by atoms with Crippen LogP contribution in [0.1, 0.15) is 38.1 Å².